The monoisotopic (exact) mass is 291 g/mol. The third-order valence-corrected chi connectivity index (χ3v) is 3.11. The van der Waals surface area contributed by atoms with Crippen LogP contribution in [0.2, 0.25) is 0 Å². The third-order valence-electron chi connectivity index (χ3n) is 3.11. The lowest BCUT2D eigenvalue weighted by Gasteiger charge is -2.11. The number of non-ortho nitro benzene ring substituents is 1. The minimum absolute atomic E-state index is 0.154. The number of nitro benzene ring substituents is 2. The Kier molecular flexibility index (Phi) is 3.99. The van der Waals surface area contributed by atoms with Gasteiger partial charge in [0.15, 0.2) is 0 Å². The fourth-order valence-electron chi connectivity index (χ4n) is 2.10. The molecule has 1 N–H and O–H groups in total. The molecule has 0 saturated heterocycles. The van der Waals surface area contributed by atoms with Gasteiger partial charge in [-0.05, 0) is 25.1 Å². The molecule has 8 heteroatoms. The predicted octanol–water partition coefficient (Wildman–Crippen LogP) is 2.41. The van der Waals surface area contributed by atoms with E-state index in [1.165, 1.54) is 12.1 Å². The molecule has 1 aromatic heterocycles. The van der Waals surface area contributed by atoms with Crippen LogP contribution in [0.4, 0.5) is 11.4 Å². The van der Waals surface area contributed by atoms with Gasteiger partial charge in [0, 0.05) is 23.5 Å². The quantitative estimate of drug-likeness (QED) is 0.671. The summed E-state index contributed by atoms with van der Waals surface area (Å²) in [4.78, 5) is 20.4. The van der Waals surface area contributed by atoms with E-state index < -0.39 is 16.0 Å². The molecule has 0 fully saturated rings. The molecule has 8 nitrogen and oxygen atoms in total. The van der Waals surface area contributed by atoms with E-state index in [4.69, 9.17) is 0 Å². The molecule has 1 atom stereocenters. The maximum absolute atomic E-state index is 11.1. The Labute approximate surface area is 119 Å². The summed E-state index contributed by atoms with van der Waals surface area (Å²) in [7, 11) is 0. The number of hydrogen-bond donors (Lipinski definition) is 1. The number of benzene rings is 1. The molecule has 2 rings (SSSR count). The molecular formula is C13H13N3O5. The molecule has 0 aliphatic carbocycles. The summed E-state index contributed by atoms with van der Waals surface area (Å²) in [5.41, 5.74) is 0.314. The summed E-state index contributed by atoms with van der Waals surface area (Å²) in [5, 5.41) is 31.4. The highest BCUT2D eigenvalue weighted by Crippen LogP contribution is 2.26. The van der Waals surface area contributed by atoms with Crippen molar-refractivity contribution in [2.75, 3.05) is 0 Å². The largest absolute Gasteiger partial charge is 0.387 e. The van der Waals surface area contributed by atoms with Crippen molar-refractivity contribution in [3.63, 3.8) is 0 Å². The van der Waals surface area contributed by atoms with Gasteiger partial charge in [0.1, 0.15) is 0 Å². The van der Waals surface area contributed by atoms with Crippen LogP contribution in [-0.2, 0) is 6.54 Å². The predicted molar refractivity (Wildman–Crippen MR) is 73.9 cm³/mol. The Bertz CT molecular complexity index is 693. The molecule has 1 unspecified atom stereocenters. The lowest BCUT2D eigenvalue weighted by Crippen LogP contribution is -2.08. The summed E-state index contributed by atoms with van der Waals surface area (Å²) in [5.74, 6) is 0. The number of aromatic nitrogens is 1. The molecule has 0 spiro atoms. The first-order chi connectivity index (χ1) is 9.90. The molecule has 0 aliphatic heterocycles. The molecule has 110 valence electrons. The van der Waals surface area contributed by atoms with Gasteiger partial charge in [0.2, 0.25) is 0 Å². The second kappa shape index (κ2) is 5.71. The summed E-state index contributed by atoms with van der Waals surface area (Å²) in [6.45, 7) is 1.75. The SMILES string of the molecule is CC(O)c1cccn1Cc1ccc([N+](=O)[O-])cc1[N+](=O)[O-]. The van der Waals surface area contributed by atoms with Crippen molar-refractivity contribution in [3.8, 4) is 0 Å². The lowest BCUT2D eigenvalue weighted by molar-refractivity contribution is -0.394. The van der Waals surface area contributed by atoms with Crippen LogP contribution in [0.25, 0.3) is 0 Å². The van der Waals surface area contributed by atoms with Crippen LogP contribution in [-0.4, -0.2) is 19.5 Å². The number of nitrogens with zero attached hydrogens (tertiary/aromatic N) is 3. The maximum Gasteiger partial charge on any atom is 0.281 e. The third kappa shape index (κ3) is 3.06. The van der Waals surface area contributed by atoms with Gasteiger partial charge in [-0.3, -0.25) is 20.2 Å². The zero-order chi connectivity index (χ0) is 15.6. The molecular weight excluding hydrogens is 278 g/mol. The maximum atomic E-state index is 11.1. The summed E-state index contributed by atoms with van der Waals surface area (Å²) in [6.07, 6.45) is 0.977. The van der Waals surface area contributed by atoms with Crippen molar-refractivity contribution in [1.82, 2.24) is 4.57 Å². The summed E-state index contributed by atoms with van der Waals surface area (Å²) < 4.78 is 1.67. The van der Waals surface area contributed by atoms with E-state index in [0.717, 1.165) is 6.07 Å². The van der Waals surface area contributed by atoms with Gasteiger partial charge in [-0.15, -0.1) is 0 Å². The van der Waals surface area contributed by atoms with E-state index >= 15 is 0 Å². The van der Waals surface area contributed by atoms with Crippen molar-refractivity contribution in [2.45, 2.75) is 19.6 Å². The fourth-order valence-corrected chi connectivity index (χ4v) is 2.10. The number of nitro groups is 2. The van der Waals surface area contributed by atoms with Crippen LogP contribution in [0.3, 0.4) is 0 Å². The highest BCUT2D eigenvalue weighted by atomic mass is 16.6. The number of aliphatic hydroxyl groups is 1. The first-order valence-corrected chi connectivity index (χ1v) is 6.15. The topological polar surface area (TPSA) is 111 Å². The molecule has 0 amide bonds. The van der Waals surface area contributed by atoms with Crippen LogP contribution in [0, 0.1) is 20.2 Å². The number of rotatable bonds is 5. The molecule has 1 heterocycles. The summed E-state index contributed by atoms with van der Waals surface area (Å²) in [6, 6.07) is 6.97. The van der Waals surface area contributed by atoms with E-state index in [9.17, 15) is 25.3 Å². The fraction of sp³-hybridized carbons (Fsp3) is 0.231. The zero-order valence-electron chi connectivity index (χ0n) is 11.2. The average Bonchev–Trinajstić information content (AvgIpc) is 2.87. The second-order valence-corrected chi connectivity index (χ2v) is 4.56. The van der Waals surface area contributed by atoms with Crippen molar-refractivity contribution in [2.24, 2.45) is 0 Å². The lowest BCUT2D eigenvalue weighted by atomic mass is 10.1. The molecule has 0 bridgehead atoms. The van der Waals surface area contributed by atoms with Crippen LogP contribution in [0.15, 0.2) is 36.5 Å². The normalized spacial score (nSPS) is 12.1. The smallest absolute Gasteiger partial charge is 0.281 e. The molecule has 21 heavy (non-hydrogen) atoms. The highest BCUT2D eigenvalue weighted by Gasteiger charge is 2.20. The van der Waals surface area contributed by atoms with Gasteiger partial charge in [0.05, 0.1) is 28.6 Å². The van der Waals surface area contributed by atoms with Crippen LogP contribution in [0.5, 0.6) is 0 Å². The van der Waals surface area contributed by atoms with E-state index in [-0.39, 0.29) is 17.9 Å². The molecule has 0 aliphatic rings. The Hall–Kier alpha value is -2.74. The van der Waals surface area contributed by atoms with Crippen molar-refractivity contribution >= 4 is 11.4 Å². The Morgan fingerprint density at radius 1 is 1.24 bits per heavy atom. The van der Waals surface area contributed by atoms with E-state index in [0.29, 0.717) is 11.3 Å². The summed E-state index contributed by atoms with van der Waals surface area (Å²) >= 11 is 0. The Morgan fingerprint density at radius 3 is 2.52 bits per heavy atom. The number of aliphatic hydroxyl groups excluding tert-OH is 1. The van der Waals surface area contributed by atoms with Crippen LogP contribution in [0.1, 0.15) is 24.3 Å². The van der Waals surface area contributed by atoms with Crippen molar-refractivity contribution in [1.29, 1.82) is 0 Å². The molecule has 1 aromatic carbocycles. The van der Waals surface area contributed by atoms with E-state index in [2.05, 4.69) is 0 Å². The Balaban J connectivity index is 2.42. The first kappa shape index (κ1) is 14.7. The second-order valence-electron chi connectivity index (χ2n) is 4.56. The molecule has 0 saturated carbocycles. The minimum Gasteiger partial charge on any atom is -0.387 e. The van der Waals surface area contributed by atoms with E-state index in [1.807, 2.05) is 0 Å². The minimum atomic E-state index is -0.711. The van der Waals surface area contributed by atoms with Gasteiger partial charge in [-0.25, -0.2) is 0 Å². The number of hydrogen-bond acceptors (Lipinski definition) is 5. The zero-order valence-corrected chi connectivity index (χ0v) is 11.2. The van der Waals surface area contributed by atoms with Crippen molar-refractivity contribution in [3.05, 3.63) is 68.0 Å². The molecule has 2 aromatic rings. The first-order valence-electron chi connectivity index (χ1n) is 6.15. The van der Waals surface area contributed by atoms with Gasteiger partial charge in [-0.1, -0.05) is 0 Å². The van der Waals surface area contributed by atoms with Crippen LogP contribution >= 0.6 is 0 Å². The van der Waals surface area contributed by atoms with Gasteiger partial charge in [-0.2, -0.15) is 0 Å². The van der Waals surface area contributed by atoms with Gasteiger partial charge >= 0.3 is 0 Å². The van der Waals surface area contributed by atoms with Gasteiger partial charge < -0.3 is 9.67 Å². The highest BCUT2D eigenvalue weighted by molar-refractivity contribution is 5.49. The standard InChI is InChI=1S/C13H13N3O5/c1-9(17)12-3-2-6-14(12)8-10-4-5-11(15(18)19)7-13(10)16(20)21/h2-7,9,17H,8H2,1H3. The Morgan fingerprint density at radius 2 is 1.95 bits per heavy atom. The van der Waals surface area contributed by atoms with Gasteiger partial charge in [0.25, 0.3) is 11.4 Å². The average molecular weight is 291 g/mol. The molecule has 0 radical (unpaired) electrons. The van der Waals surface area contributed by atoms with E-state index in [1.54, 1.807) is 29.8 Å². The van der Waals surface area contributed by atoms with Crippen molar-refractivity contribution < 1.29 is 15.0 Å². The van der Waals surface area contributed by atoms with Crippen LogP contribution < -0.4 is 0 Å².